The van der Waals surface area contributed by atoms with E-state index in [0.29, 0.717) is 0 Å². The topological polar surface area (TPSA) is 29.9 Å². The van der Waals surface area contributed by atoms with Crippen molar-refractivity contribution < 1.29 is 0 Å². The summed E-state index contributed by atoms with van der Waals surface area (Å²) in [5.74, 6) is 0. The molecule has 1 rings (SSSR count). The highest BCUT2D eigenvalue weighted by atomic mass is 79.9. The number of aromatic nitrogens is 2. The van der Waals surface area contributed by atoms with Crippen LogP contribution in [0.15, 0.2) is 4.47 Å². The van der Waals surface area contributed by atoms with Crippen LogP contribution in [0.25, 0.3) is 0 Å². The second-order valence-corrected chi connectivity index (χ2v) is 5.33. The number of nitrogens with zero attached hydrogens (tertiary/aromatic N) is 2. The summed E-state index contributed by atoms with van der Waals surface area (Å²) in [5.41, 5.74) is 2.33. The molecule has 0 aliphatic rings. The maximum absolute atomic E-state index is 5.89. The molecule has 0 aliphatic carbocycles. The molecule has 3 nitrogen and oxygen atoms in total. The van der Waals surface area contributed by atoms with Crippen molar-refractivity contribution in [3.8, 4) is 0 Å². The average Bonchev–Trinajstić information content (AvgIpc) is 2.55. The van der Waals surface area contributed by atoms with Crippen molar-refractivity contribution in [3.63, 3.8) is 0 Å². The Bertz CT molecular complexity index is 336. The van der Waals surface area contributed by atoms with E-state index in [1.54, 1.807) is 0 Å². The molecule has 5 heteroatoms. The summed E-state index contributed by atoms with van der Waals surface area (Å²) < 4.78 is 3.17. The van der Waals surface area contributed by atoms with Gasteiger partial charge in [-0.05, 0) is 36.2 Å². The maximum Gasteiger partial charge on any atom is 0.0767 e. The van der Waals surface area contributed by atoms with Crippen LogP contribution in [0.5, 0.6) is 0 Å². The van der Waals surface area contributed by atoms with Gasteiger partial charge in [-0.15, -0.1) is 11.6 Å². The van der Waals surface area contributed by atoms with E-state index in [4.69, 9.17) is 11.6 Å². The quantitative estimate of drug-likeness (QED) is 0.819. The van der Waals surface area contributed by atoms with Gasteiger partial charge in [-0.3, -0.25) is 4.68 Å². The smallest absolute Gasteiger partial charge is 0.0767 e. The van der Waals surface area contributed by atoms with Crippen LogP contribution in [0.1, 0.15) is 32.2 Å². The van der Waals surface area contributed by atoms with Crippen molar-refractivity contribution in [3.05, 3.63) is 15.9 Å². The minimum Gasteiger partial charge on any atom is -0.310 e. The fourth-order valence-corrected chi connectivity index (χ4v) is 2.39. The van der Waals surface area contributed by atoms with E-state index >= 15 is 0 Å². The molecule has 1 unspecified atom stereocenters. The minimum absolute atomic E-state index is 0.155. The molecule has 0 bridgehead atoms. The van der Waals surface area contributed by atoms with Crippen LogP contribution in [0.4, 0.5) is 0 Å². The minimum atomic E-state index is 0.155. The summed E-state index contributed by atoms with van der Waals surface area (Å²) in [6, 6.07) is 0. The molecule has 1 atom stereocenters. The molecule has 0 amide bonds. The molecule has 1 aromatic rings. The Morgan fingerprint density at radius 1 is 1.50 bits per heavy atom. The third-order valence-electron chi connectivity index (χ3n) is 2.41. The van der Waals surface area contributed by atoms with Gasteiger partial charge >= 0.3 is 0 Å². The number of hydrogen-bond donors (Lipinski definition) is 1. The van der Waals surface area contributed by atoms with E-state index in [1.165, 1.54) is 5.69 Å². The zero-order valence-corrected chi connectivity index (χ0v) is 12.4. The van der Waals surface area contributed by atoms with Gasteiger partial charge in [-0.25, -0.2) is 0 Å². The Hall–Kier alpha value is -0.0600. The lowest BCUT2D eigenvalue weighted by Gasteiger charge is -2.08. The summed E-state index contributed by atoms with van der Waals surface area (Å²) in [6.07, 6.45) is 0.951. The Morgan fingerprint density at radius 3 is 2.69 bits per heavy atom. The first-order valence-electron chi connectivity index (χ1n) is 5.68. The van der Waals surface area contributed by atoms with Crippen LogP contribution in [0, 0.1) is 0 Å². The molecular weight excluding hydrogens is 289 g/mol. The van der Waals surface area contributed by atoms with Gasteiger partial charge in [0.2, 0.25) is 0 Å². The third-order valence-corrected chi connectivity index (χ3v) is 3.48. The fourth-order valence-electron chi connectivity index (χ4n) is 1.58. The van der Waals surface area contributed by atoms with Gasteiger partial charge < -0.3 is 5.32 Å². The molecule has 0 aliphatic heterocycles. The van der Waals surface area contributed by atoms with Gasteiger partial charge in [-0.2, -0.15) is 5.10 Å². The van der Waals surface area contributed by atoms with Crippen LogP contribution < -0.4 is 5.32 Å². The highest BCUT2D eigenvalue weighted by Gasteiger charge is 2.13. The SMILES string of the molecule is CCc1nn(CC)c(CNCC(C)Cl)c1Br. The molecule has 0 saturated heterocycles. The first-order chi connectivity index (χ1) is 7.60. The molecular formula is C11H19BrClN3. The number of aryl methyl sites for hydroxylation is 2. The number of nitrogens with one attached hydrogen (secondary N) is 1. The van der Waals surface area contributed by atoms with Crippen LogP contribution in [0.3, 0.4) is 0 Å². The predicted octanol–water partition coefficient (Wildman–Crippen LogP) is 2.94. The van der Waals surface area contributed by atoms with Crippen molar-refractivity contribution in [2.24, 2.45) is 0 Å². The molecule has 1 N–H and O–H groups in total. The second kappa shape index (κ2) is 6.62. The number of hydrogen-bond acceptors (Lipinski definition) is 2. The van der Waals surface area contributed by atoms with Crippen LogP contribution in [-0.4, -0.2) is 21.7 Å². The Labute approximate surface area is 111 Å². The fraction of sp³-hybridized carbons (Fsp3) is 0.727. The Kier molecular flexibility index (Phi) is 5.79. The first-order valence-corrected chi connectivity index (χ1v) is 6.91. The molecule has 0 spiro atoms. The van der Waals surface area contributed by atoms with Gasteiger partial charge in [0.05, 0.1) is 15.9 Å². The largest absolute Gasteiger partial charge is 0.310 e. The maximum atomic E-state index is 5.89. The predicted molar refractivity (Wildman–Crippen MR) is 72.0 cm³/mol. The van der Waals surface area contributed by atoms with Crippen molar-refractivity contribution >= 4 is 27.5 Å². The summed E-state index contributed by atoms with van der Waals surface area (Å²) >= 11 is 9.51. The summed E-state index contributed by atoms with van der Waals surface area (Å²) in [6.45, 7) is 8.71. The molecule has 0 fully saturated rings. The van der Waals surface area contributed by atoms with Gasteiger partial charge in [0.15, 0.2) is 0 Å². The van der Waals surface area contributed by atoms with Crippen molar-refractivity contribution in [1.82, 2.24) is 15.1 Å². The average molecular weight is 309 g/mol. The van der Waals surface area contributed by atoms with Crippen molar-refractivity contribution in [1.29, 1.82) is 0 Å². The number of alkyl halides is 1. The molecule has 0 aromatic carbocycles. The van der Waals surface area contributed by atoms with E-state index in [1.807, 2.05) is 11.6 Å². The zero-order chi connectivity index (χ0) is 12.1. The first kappa shape index (κ1) is 14.0. The molecule has 1 aromatic heterocycles. The second-order valence-electron chi connectivity index (χ2n) is 3.79. The molecule has 16 heavy (non-hydrogen) atoms. The highest BCUT2D eigenvalue weighted by Crippen LogP contribution is 2.22. The van der Waals surface area contributed by atoms with Crippen LogP contribution in [-0.2, 0) is 19.5 Å². The van der Waals surface area contributed by atoms with Gasteiger partial charge in [0.25, 0.3) is 0 Å². The lowest BCUT2D eigenvalue weighted by atomic mass is 10.3. The number of halogens is 2. The van der Waals surface area contributed by atoms with E-state index in [-0.39, 0.29) is 5.38 Å². The standard InChI is InChI=1S/C11H19BrClN3/c1-4-9-11(12)10(16(5-2)15-9)7-14-6-8(3)13/h8,14H,4-7H2,1-3H3. The highest BCUT2D eigenvalue weighted by molar-refractivity contribution is 9.10. The molecule has 0 radical (unpaired) electrons. The third kappa shape index (κ3) is 3.47. The molecule has 1 heterocycles. The van der Waals surface area contributed by atoms with E-state index in [2.05, 4.69) is 40.2 Å². The Balaban J connectivity index is 2.73. The van der Waals surface area contributed by atoms with Gasteiger partial charge in [0.1, 0.15) is 0 Å². The van der Waals surface area contributed by atoms with E-state index < -0.39 is 0 Å². The molecule has 0 saturated carbocycles. The van der Waals surface area contributed by atoms with E-state index in [9.17, 15) is 0 Å². The van der Waals surface area contributed by atoms with Crippen molar-refractivity contribution in [2.45, 2.75) is 45.7 Å². The lowest BCUT2D eigenvalue weighted by molar-refractivity contribution is 0.576. The van der Waals surface area contributed by atoms with Crippen molar-refractivity contribution in [2.75, 3.05) is 6.54 Å². The monoisotopic (exact) mass is 307 g/mol. The summed E-state index contributed by atoms with van der Waals surface area (Å²) in [5, 5.41) is 8.03. The van der Waals surface area contributed by atoms with E-state index in [0.717, 1.165) is 36.2 Å². The van der Waals surface area contributed by atoms with Gasteiger partial charge in [0, 0.05) is 25.0 Å². The number of rotatable bonds is 6. The molecule has 92 valence electrons. The Morgan fingerprint density at radius 2 is 2.19 bits per heavy atom. The zero-order valence-electron chi connectivity index (χ0n) is 10.1. The van der Waals surface area contributed by atoms with Gasteiger partial charge in [-0.1, -0.05) is 6.92 Å². The summed E-state index contributed by atoms with van der Waals surface area (Å²) in [7, 11) is 0. The normalized spacial score (nSPS) is 13.1. The lowest BCUT2D eigenvalue weighted by Crippen LogP contribution is -2.22. The van der Waals surface area contributed by atoms with Crippen LogP contribution >= 0.6 is 27.5 Å². The van der Waals surface area contributed by atoms with Crippen LogP contribution in [0.2, 0.25) is 0 Å². The summed E-state index contributed by atoms with van der Waals surface area (Å²) in [4.78, 5) is 0.